The third kappa shape index (κ3) is 3.34. The maximum Gasteiger partial charge on any atom is 0.243 e. The van der Waals surface area contributed by atoms with E-state index in [1.807, 2.05) is 6.07 Å². The van der Waals surface area contributed by atoms with Gasteiger partial charge in [-0.1, -0.05) is 12.1 Å². The second-order valence-electron chi connectivity index (χ2n) is 4.35. The molecule has 1 aliphatic heterocycles. The summed E-state index contributed by atoms with van der Waals surface area (Å²) in [5, 5.41) is 6.24. The number of benzene rings is 1. The quantitative estimate of drug-likeness (QED) is 0.787. The van der Waals surface area contributed by atoms with Crippen LogP contribution in [0.4, 0.5) is 5.69 Å². The Hall–Kier alpha value is -1.37. The van der Waals surface area contributed by atoms with E-state index in [4.69, 9.17) is 0 Å². The maximum atomic E-state index is 12.5. The Morgan fingerprint density at radius 2 is 2.11 bits per heavy atom. The third-order valence-electron chi connectivity index (χ3n) is 3.00. The standard InChI is InChI=1S/C13H19N3O2S/c1-2-6-15-12-4-3-5-13(11-12)19(17,18)16-9-7-14-8-10-16/h2-5,11,14-15H,1,6-10H2. The van der Waals surface area contributed by atoms with Crippen LogP contribution in [-0.4, -0.2) is 45.4 Å². The Morgan fingerprint density at radius 1 is 1.37 bits per heavy atom. The highest BCUT2D eigenvalue weighted by Crippen LogP contribution is 2.19. The fourth-order valence-electron chi connectivity index (χ4n) is 1.99. The SMILES string of the molecule is C=CCNc1cccc(S(=O)(=O)N2CCNCC2)c1. The molecule has 0 saturated carbocycles. The lowest BCUT2D eigenvalue weighted by Crippen LogP contribution is -2.46. The van der Waals surface area contributed by atoms with Crippen molar-refractivity contribution in [1.82, 2.24) is 9.62 Å². The van der Waals surface area contributed by atoms with Crippen molar-refractivity contribution in [1.29, 1.82) is 0 Å². The van der Waals surface area contributed by atoms with Gasteiger partial charge in [0, 0.05) is 38.4 Å². The van der Waals surface area contributed by atoms with E-state index in [1.54, 1.807) is 24.3 Å². The van der Waals surface area contributed by atoms with Gasteiger partial charge in [-0.05, 0) is 18.2 Å². The van der Waals surface area contributed by atoms with Crippen LogP contribution in [0.3, 0.4) is 0 Å². The van der Waals surface area contributed by atoms with Crippen molar-refractivity contribution in [3.05, 3.63) is 36.9 Å². The van der Waals surface area contributed by atoms with E-state index in [9.17, 15) is 8.42 Å². The first kappa shape index (κ1) is 14.0. The molecule has 1 aromatic rings. The highest BCUT2D eigenvalue weighted by atomic mass is 32.2. The van der Waals surface area contributed by atoms with E-state index in [2.05, 4.69) is 17.2 Å². The summed E-state index contributed by atoms with van der Waals surface area (Å²) in [6.07, 6.45) is 1.73. The van der Waals surface area contributed by atoms with Crippen molar-refractivity contribution in [2.75, 3.05) is 38.0 Å². The summed E-state index contributed by atoms with van der Waals surface area (Å²) in [6.45, 7) is 6.68. The lowest BCUT2D eigenvalue weighted by molar-refractivity contribution is 0.360. The molecule has 5 nitrogen and oxygen atoms in total. The molecule has 2 N–H and O–H groups in total. The average Bonchev–Trinajstić information content (AvgIpc) is 2.46. The molecule has 1 aliphatic rings. The normalized spacial score (nSPS) is 17.1. The van der Waals surface area contributed by atoms with Crippen molar-refractivity contribution in [2.24, 2.45) is 0 Å². The monoisotopic (exact) mass is 281 g/mol. The van der Waals surface area contributed by atoms with Crippen LogP contribution in [0.5, 0.6) is 0 Å². The van der Waals surface area contributed by atoms with Crippen LogP contribution in [0.25, 0.3) is 0 Å². The van der Waals surface area contributed by atoms with E-state index in [0.717, 1.165) is 5.69 Å². The number of rotatable bonds is 5. The molecule has 104 valence electrons. The second-order valence-corrected chi connectivity index (χ2v) is 6.29. The van der Waals surface area contributed by atoms with Crippen molar-refractivity contribution >= 4 is 15.7 Å². The lowest BCUT2D eigenvalue weighted by Gasteiger charge is -2.26. The van der Waals surface area contributed by atoms with E-state index >= 15 is 0 Å². The molecule has 0 aromatic heterocycles. The van der Waals surface area contributed by atoms with Crippen LogP contribution in [0.1, 0.15) is 0 Å². The highest BCUT2D eigenvalue weighted by molar-refractivity contribution is 7.89. The Morgan fingerprint density at radius 3 is 2.79 bits per heavy atom. The predicted molar refractivity (Wildman–Crippen MR) is 76.8 cm³/mol. The molecule has 0 aliphatic carbocycles. The summed E-state index contributed by atoms with van der Waals surface area (Å²) in [4.78, 5) is 0.337. The minimum Gasteiger partial charge on any atom is -0.382 e. The molecular weight excluding hydrogens is 262 g/mol. The van der Waals surface area contributed by atoms with Gasteiger partial charge in [0.15, 0.2) is 0 Å². The van der Waals surface area contributed by atoms with E-state index in [-0.39, 0.29) is 0 Å². The summed E-state index contributed by atoms with van der Waals surface area (Å²) in [6, 6.07) is 6.90. The van der Waals surface area contributed by atoms with Gasteiger partial charge in [0.1, 0.15) is 0 Å². The minimum atomic E-state index is -3.38. The molecule has 1 aromatic carbocycles. The number of hydrogen-bond acceptors (Lipinski definition) is 4. The van der Waals surface area contributed by atoms with Crippen molar-refractivity contribution in [3.8, 4) is 0 Å². The van der Waals surface area contributed by atoms with Gasteiger partial charge in [-0.2, -0.15) is 4.31 Å². The summed E-state index contributed by atoms with van der Waals surface area (Å²) in [7, 11) is -3.38. The average molecular weight is 281 g/mol. The maximum absolute atomic E-state index is 12.5. The van der Waals surface area contributed by atoms with E-state index in [1.165, 1.54) is 4.31 Å². The molecule has 1 heterocycles. The van der Waals surface area contributed by atoms with E-state index in [0.29, 0.717) is 37.6 Å². The summed E-state index contributed by atoms with van der Waals surface area (Å²) in [5.41, 5.74) is 0.788. The topological polar surface area (TPSA) is 61.4 Å². The van der Waals surface area contributed by atoms with Gasteiger partial charge in [0.2, 0.25) is 10.0 Å². The van der Waals surface area contributed by atoms with Crippen LogP contribution in [0.15, 0.2) is 41.8 Å². The molecule has 0 amide bonds. The van der Waals surface area contributed by atoms with Crippen molar-refractivity contribution < 1.29 is 8.42 Å². The number of anilines is 1. The molecule has 0 spiro atoms. The van der Waals surface area contributed by atoms with Crippen LogP contribution < -0.4 is 10.6 Å². The van der Waals surface area contributed by atoms with Gasteiger partial charge in [0.05, 0.1) is 4.90 Å². The molecule has 6 heteroatoms. The molecule has 0 bridgehead atoms. The number of piperazine rings is 1. The van der Waals surface area contributed by atoms with Gasteiger partial charge in [0.25, 0.3) is 0 Å². The fourth-order valence-corrected chi connectivity index (χ4v) is 3.48. The minimum absolute atomic E-state index is 0.337. The van der Waals surface area contributed by atoms with E-state index < -0.39 is 10.0 Å². The van der Waals surface area contributed by atoms with Crippen LogP contribution in [0.2, 0.25) is 0 Å². The van der Waals surface area contributed by atoms with Crippen LogP contribution >= 0.6 is 0 Å². The molecule has 0 radical (unpaired) electrons. The number of nitrogens with zero attached hydrogens (tertiary/aromatic N) is 1. The van der Waals surface area contributed by atoms with Gasteiger partial charge in [-0.3, -0.25) is 0 Å². The highest BCUT2D eigenvalue weighted by Gasteiger charge is 2.25. The summed E-state index contributed by atoms with van der Waals surface area (Å²) < 4.78 is 26.5. The molecule has 0 atom stereocenters. The number of nitrogens with one attached hydrogen (secondary N) is 2. The fraction of sp³-hybridized carbons (Fsp3) is 0.385. The largest absolute Gasteiger partial charge is 0.382 e. The number of sulfonamides is 1. The zero-order valence-corrected chi connectivity index (χ0v) is 11.6. The summed E-state index contributed by atoms with van der Waals surface area (Å²) in [5.74, 6) is 0. The molecule has 1 fully saturated rings. The lowest BCUT2D eigenvalue weighted by atomic mass is 10.3. The van der Waals surface area contributed by atoms with Gasteiger partial charge in [-0.25, -0.2) is 8.42 Å². The van der Waals surface area contributed by atoms with Gasteiger partial charge < -0.3 is 10.6 Å². The first-order chi connectivity index (χ1) is 9.14. The van der Waals surface area contributed by atoms with Gasteiger partial charge >= 0.3 is 0 Å². The first-order valence-corrected chi connectivity index (χ1v) is 7.74. The molecule has 2 rings (SSSR count). The zero-order valence-electron chi connectivity index (χ0n) is 10.8. The molecule has 19 heavy (non-hydrogen) atoms. The first-order valence-electron chi connectivity index (χ1n) is 6.30. The second kappa shape index (κ2) is 6.18. The van der Waals surface area contributed by atoms with Crippen LogP contribution in [0, 0.1) is 0 Å². The summed E-state index contributed by atoms with van der Waals surface area (Å²) >= 11 is 0. The molecule has 0 unspecified atom stereocenters. The third-order valence-corrected chi connectivity index (χ3v) is 4.89. The zero-order chi connectivity index (χ0) is 13.7. The van der Waals surface area contributed by atoms with Crippen molar-refractivity contribution in [2.45, 2.75) is 4.90 Å². The molecule has 1 saturated heterocycles. The van der Waals surface area contributed by atoms with Crippen LogP contribution in [-0.2, 0) is 10.0 Å². The Labute approximate surface area is 114 Å². The Balaban J connectivity index is 2.21. The van der Waals surface area contributed by atoms with Gasteiger partial charge in [-0.15, -0.1) is 6.58 Å². The Kier molecular flexibility index (Phi) is 4.57. The number of hydrogen-bond donors (Lipinski definition) is 2. The smallest absolute Gasteiger partial charge is 0.243 e. The Bertz CT molecular complexity index is 537. The van der Waals surface area contributed by atoms with Crippen molar-refractivity contribution in [3.63, 3.8) is 0 Å². The predicted octanol–water partition coefficient (Wildman–Crippen LogP) is 0.878. The molecular formula is C13H19N3O2S.